The van der Waals surface area contributed by atoms with Crippen LogP contribution < -0.4 is 16.0 Å². The van der Waals surface area contributed by atoms with Gasteiger partial charge in [0.2, 0.25) is 46.9 Å². The van der Waals surface area contributed by atoms with Crippen molar-refractivity contribution in [3.8, 4) is 22.5 Å². The van der Waals surface area contributed by atoms with Gasteiger partial charge in [-0.3, -0.25) is 23.9 Å². The van der Waals surface area contributed by atoms with E-state index >= 15 is 0 Å². The molecule has 0 spiro atoms. The van der Waals surface area contributed by atoms with E-state index in [0.29, 0.717) is 43.2 Å². The summed E-state index contributed by atoms with van der Waals surface area (Å²) in [7, 11) is 3.79. The Kier molecular flexibility index (Phi) is 15.9. The van der Waals surface area contributed by atoms with Crippen LogP contribution in [0.4, 0.5) is 23.3 Å². The number of nitrogens with one attached hydrogen (secondary N) is 3. The summed E-state index contributed by atoms with van der Waals surface area (Å²) in [6.45, 7) is 19.5. The molecule has 0 aliphatic carbocycles. The van der Waals surface area contributed by atoms with E-state index in [1.54, 1.807) is 34.2 Å². The minimum Gasteiger partial charge on any atom is -0.395 e. The number of β-amino-alcohol motifs (C(OH)–C–C–N with tert-alkyl or cyclic N) is 1. The van der Waals surface area contributed by atoms with Gasteiger partial charge in [-0.25, -0.2) is 19.9 Å². The van der Waals surface area contributed by atoms with Gasteiger partial charge in [0.15, 0.2) is 0 Å². The van der Waals surface area contributed by atoms with Crippen molar-refractivity contribution in [2.24, 2.45) is 14.1 Å². The van der Waals surface area contributed by atoms with Crippen molar-refractivity contribution in [1.29, 1.82) is 0 Å². The van der Waals surface area contributed by atoms with Gasteiger partial charge >= 0.3 is 0 Å². The predicted molar refractivity (Wildman–Crippen MR) is 290 cm³/mol. The monoisotopic (exact) mass is 1040 g/mol. The van der Waals surface area contributed by atoms with Gasteiger partial charge in [0, 0.05) is 80.9 Å². The van der Waals surface area contributed by atoms with Crippen molar-refractivity contribution >= 4 is 34.8 Å². The Bertz CT molecular complexity index is 3380. The Balaban J connectivity index is 0.000000188. The van der Waals surface area contributed by atoms with Crippen LogP contribution in [0.1, 0.15) is 146 Å². The third-order valence-electron chi connectivity index (χ3n) is 14.1. The van der Waals surface area contributed by atoms with Crippen LogP contribution in [0.5, 0.6) is 0 Å². The number of anilines is 4. The van der Waals surface area contributed by atoms with Gasteiger partial charge in [0.1, 0.15) is 0 Å². The van der Waals surface area contributed by atoms with E-state index in [1.807, 2.05) is 87.7 Å². The highest BCUT2D eigenvalue weighted by Crippen LogP contribution is 2.36. The number of Topliss-reactive ketones (excluding diaryl/α,β-unsaturated/α-hetero) is 2. The van der Waals surface area contributed by atoms with Gasteiger partial charge in [-0.15, -0.1) is 0 Å². The molecule has 8 aromatic rings. The van der Waals surface area contributed by atoms with Gasteiger partial charge in [-0.2, -0.15) is 20.2 Å². The molecule has 2 atom stereocenters. The molecule has 0 bridgehead atoms. The van der Waals surface area contributed by atoms with E-state index in [4.69, 9.17) is 19.0 Å². The van der Waals surface area contributed by atoms with Crippen LogP contribution in [-0.2, 0) is 38.0 Å². The lowest BCUT2D eigenvalue weighted by Gasteiger charge is -2.19. The second-order valence-electron chi connectivity index (χ2n) is 21.9. The first-order valence-corrected chi connectivity index (χ1v) is 26.0. The van der Waals surface area contributed by atoms with Crippen LogP contribution in [0.2, 0.25) is 0 Å². The molecule has 0 unspecified atom stereocenters. The normalized spacial score (nSPS) is 15.9. The quantitative estimate of drug-likeness (QED) is 0.0743. The smallest absolute Gasteiger partial charge is 0.238 e. The number of hydrogen-bond donors (Lipinski definition) is 4. The molecule has 0 saturated heterocycles. The van der Waals surface area contributed by atoms with E-state index in [0.717, 1.165) is 94.4 Å². The van der Waals surface area contributed by atoms with Gasteiger partial charge in [-0.05, 0) is 98.1 Å². The molecule has 21 heteroatoms. The number of aromatic nitrogens is 12. The van der Waals surface area contributed by atoms with Crippen molar-refractivity contribution < 1.29 is 23.7 Å². The molecular formula is C56H68N16O5. The van der Waals surface area contributed by atoms with Crippen LogP contribution in [-0.4, -0.2) is 108 Å². The Morgan fingerprint density at radius 3 is 1.65 bits per heavy atom. The van der Waals surface area contributed by atoms with Gasteiger partial charge < -0.3 is 30.1 Å². The van der Waals surface area contributed by atoms with E-state index < -0.39 is 0 Å². The largest absolute Gasteiger partial charge is 0.395 e. The highest BCUT2D eigenvalue weighted by Gasteiger charge is 2.31. The minimum atomic E-state index is -0.325. The SMILES string of the molecule is Cc1c(Nc2nccc(-c3ccc4c(c3)CN(CCO)CC[C@H]4CC(=O)c3noc(C(C)(C)C)n3)n2)cnn1C.Cc1c(Nc2nccc(-c3ccc4c(c3)CNCC[C@H]4CC(=O)c3noc(C(C)(C)C)n3)n2)cnn1C. The average molecular weight is 1050 g/mol. The van der Waals surface area contributed by atoms with Crippen LogP contribution in [0, 0.1) is 13.8 Å². The van der Waals surface area contributed by atoms with Gasteiger partial charge in [0.05, 0.1) is 53.2 Å². The maximum absolute atomic E-state index is 13.2. The van der Waals surface area contributed by atoms with E-state index in [9.17, 15) is 14.7 Å². The number of carbonyl (C=O) groups excluding carboxylic acids is 2. The summed E-state index contributed by atoms with van der Waals surface area (Å²) in [5, 5.41) is 36.1. The number of aliphatic hydroxyl groups excluding tert-OH is 1. The second-order valence-corrected chi connectivity index (χ2v) is 21.9. The Hall–Kier alpha value is -7.88. The number of rotatable bonds is 14. The van der Waals surface area contributed by atoms with Crippen molar-refractivity contribution in [1.82, 2.24) is 70.0 Å². The molecule has 0 fully saturated rings. The first-order chi connectivity index (χ1) is 36.8. The summed E-state index contributed by atoms with van der Waals surface area (Å²) >= 11 is 0. The number of aliphatic hydroxyl groups is 1. The van der Waals surface area contributed by atoms with Crippen LogP contribution in [0.15, 0.2) is 82.4 Å². The third-order valence-corrected chi connectivity index (χ3v) is 14.1. The summed E-state index contributed by atoms with van der Waals surface area (Å²) in [5.41, 5.74) is 11.2. The molecule has 2 aliphatic rings. The Labute approximate surface area is 447 Å². The minimum absolute atomic E-state index is 0.00647. The molecule has 8 heterocycles. The predicted octanol–water partition coefficient (Wildman–Crippen LogP) is 8.62. The molecule has 77 heavy (non-hydrogen) atoms. The number of fused-ring (bicyclic) bond motifs is 2. The van der Waals surface area contributed by atoms with Crippen LogP contribution in [0.3, 0.4) is 0 Å². The maximum Gasteiger partial charge on any atom is 0.238 e. The van der Waals surface area contributed by atoms with Crippen molar-refractivity contribution in [2.45, 2.75) is 117 Å². The summed E-state index contributed by atoms with van der Waals surface area (Å²) < 4.78 is 14.3. The highest BCUT2D eigenvalue weighted by atomic mass is 16.5. The van der Waals surface area contributed by atoms with Gasteiger partial charge in [0.25, 0.3) is 0 Å². The number of carbonyl (C=O) groups is 2. The second kappa shape index (κ2) is 22.8. The van der Waals surface area contributed by atoms with Crippen molar-refractivity contribution in [3.63, 3.8) is 0 Å². The molecule has 2 aromatic carbocycles. The third kappa shape index (κ3) is 12.7. The number of ketones is 2. The molecule has 0 saturated carbocycles. The lowest BCUT2D eigenvalue weighted by molar-refractivity contribution is 0.0950. The molecule has 21 nitrogen and oxygen atoms in total. The fraction of sp³-hybridized carbons (Fsp3) is 0.429. The Morgan fingerprint density at radius 1 is 0.688 bits per heavy atom. The fourth-order valence-corrected chi connectivity index (χ4v) is 9.40. The van der Waals surface area contributed by atoms with Gasteiger partial charge in [-0.1, -0.05) is 76.1 Å². The topological polar surface area (TPSA) is 259 Å². The molecule has 402 valence electrons. The first kappa shape index (κ1) is 53.9. The maximum atomic E-state index is 13.2. The van der Waals surface area contributed by atoms with E-state index in [-0.39, 0.29) is 58.9 Å². The van der Waals surface area contributed by atoms with E-state index in [2.05, 4.69) is 91.6 Å². The molecule has 0 amide bonds. The average Bonchev–Trinajstić information content (AvgIpc) is 4.20. The molecular weight excluding hydrogens is 977 g/mol. The summed E-state index contributed by atoms with van der Waals surface area (Å²) in [4.78, 5) is 55.4. The zero-order chi connectivity index (χ0) is 54.6. The van der Waals surface area contributed by atoms with Crippen LogP contribution in [0.25, 0.3) is 22.5 Å². The van der Waals surface area contributed by atoms with Crippen LogP contribution >= 0.6 is 0 Å². The number of nitrogens with zero attached hydrogens (tertiary/aromatic N) is 13. The lowest BCUT2D eigenvalue weighted by atomic mass is 9.87. The van der Waals surface area contributed by atoms with Crippen molar-refractivity contribution in [2.75, 3.05) is 36.9 Å². The molecule has 6 aromatic heterocycles. The van der Waals surface area contributed by atoms with E-state index in [1.165, 1.54) is 5.56 Å². The molecule has 10 rings (SSSR count). The molecule has 2 aliphatic heterocycles. The highest BCUT2D eigenvalue weighted by molar-refractivity contribution is 5.93. The molecule has 4 N–H and O–H groups in total. The zero-order valence-corrected chi connectivity index (χ0v) is 45.5. The number of hydrogen-bond acceptors (Lipinski definition) is 19. The fourth-order valence-electron chi connectivity index (χ4n) is 9.40. The summed E-state index contributed by atoms with van der Waals surface area (Å²) in [5.74, 6) is 2.05. The van der Waals surface area contributed by atoms with Crippen molar-refractivity contribution in [3.05, 3.63) is 130 Å². The summed E-state index contributed by atoms with van der Waals surface area (Å²) in [6.07, 6.45) is 9.26. The molecule has 0 radical (unpaired) electrons. The number of benzene rings is 2. The lowest BCUT2D eigenvalue weighted by Crippen LogP contribution is -2.26. The Morgan fingerprint density at radius 2 is 1.18 bits per heavy atom. The number of aryl methyl sites for hydroxylation is 2. The summed E-state index contributed by atoms with van der Waals surface area (Å²) in [6, 6.07) is 16.4. The first-order valence-electron chi connectivity index (χ1n) is 26.0. The zero-order valence-electron chi connectivity index (χ0n) is 45.5. The standard InChI is InChI=1S/C29H36N8O3.C27H32N8O2/c1-18-24(16-31-36(18)5)33-28-30-10-8-23(32-28)20-6-7-22-19(9-11-37(12-13-38)17-21(22)14-20)15-25(39)26-34-27(40-35-26)29(2,3)4;1-16-22(15-30-35(16)5)32-26-29-11-9-21(31-26)18-6-7-20-17(8-10-28-14-19(20)12-18)13-23(36)24-33-25(37-34-24)27(2,3)4/h6-8,10,14,16,19,38H,9,11-13,15,17H2,1-5H3,(H,30,32,33);6-7,9,11-12,15,17,28H,8,10,13-14H2,1-5H3,(H,29,31,32)/t19-;17-/m00/s1.